The van der Waals surface area contributed by atoms with Crippen LogP contribution in [0.1, 0.15) is 16.7 Å². The number of hydrogen-bond donors (Lipinski definition) is 3. The maximum Gasteiger partial charge on any atom is 0.254 e. The zero-order chi connectivity index (χ0) is 23.8. The molecule has 3 rings (SSSR count). The highest BCUT2D eigenvalue weighted by molar-refractivity contribution is 7.89. The first-order chi connectivity index (χ1) is 15.8. The fraction of sp³-hybridized carbons (Fsp3) is 0.304. The van der Waals surface area contributed by atoms with Crippen molar-refractivity contribution >= 4 is 22.1 Å². The van der Waals surface area contributed by atoms with Gasteiger partial charge in [-0.25, -0.2) is 19.0 Å². The number of piperazine rings is 1. The van der Waals surface area contributed by atoms with Crippen LogP contribution < -0.4 is 10.6 Å². The molecular formula is C23H29N5O4S. The Labute approximate surface area is 194 Å². The van der Waals surface area contributed by atoms with Crippen LogP contribution in [-0.4, -0.2) is 68.2 Å². The Morgan fingerprint density at radius 1 is 1.12 bits per heavy atom. The van der Waals surface area contributed by atoms with Gasteiger partial charge in [-0.15, -0.1) is 6.58 Å². The average Bonchev–Trinajstić information content (AvgIpc) is 2.77. The van der Waals surface area contributed by atoms with Crippen LogP contribution in [-0.2, 0) is 27.8 Å². The van der Waals surface area contributed by atoms with Crippen molar-refractivity contribution in [3.8, 4) is 5.75 Å². The molecule has 1 aliphatic heterocycles. The predicted molar refractivity (Wildman–Crippen MR) is 127 cm³/mol. The van der Waals surface area contributed by atoms with Crippen molar-refractivity contribution in [2.45, 2.75) is 17.9 Å². The fourth-order valence-corrected chi connectivity index (χ4v) is 4.11. The van der Waals surface area contributed by atoms with Crippen LogP contribution in [0.5, 0.6) is 5.75 Å². The van der Waals surface area contributed by atoms with Crippen LogP contribution in [0.25, 0.3) is 0 Å². The number of aromatic hydroxyl groups is 1. The lowest BCUT2D eigenvalue weighted by Crippen LogP contribution is -2.48. The molecule has 0 radical (unpaired) electrons. The SMILES string of the molecule is C=CCc1cccc(/C=N/NC(=O)CN2CCN(Cc3ccc(S(N)(=O)=O)cc3)CC2)c1O. The Hall–Kier alpha value is -3.05. The number of nitrogens with two attached hydrogens (primary N) is 1. The molecule has 1 fully saturated rings. The summed E-state index contributed by atoms with van der Waals surface area (Å²) >= 11 is 0. The minimum Gasteiger partial charge on any atom is -0.507 e. The monoisotopic (exact) mass is 471 g/mol. The number of rotatable bonds is 9. The molecule has 10 heteroatoms. The molecule has 176 valence electrons. The smallest absolute Gasteiger partial charge is 0.254 e. The number of allylic oxidation sites excluding steroid dienone is 1. The third kappa shape index (κ3) is 7.22. The molecule has 0 atom stereocenters. The Bertz CT molecular complexity index is 1110. The topological polar surface area (TPSA) is 128 Å². The van der Waals surface area contributed by atoms with Crippen LogP contribution in [0.2, 0.25) is 0 Å². The second kappa shape index (κ2) is 11.2. The van der Waals surface area contributed by atoms with E-state index in [0.717, 1.165) is 37.3 Å². The van der Waals surface area contributed by atoms with Gasteiger partial charge in [0.15, 0.2) is 0 Å². The van der Waals surface area contributed by atoms with Crippen LogP contribution >= 0.6 is 0 Å². The molecule has 1 heterocycles. The molecule has 2 aromatic carbocycles. The van der Waals surface area contributed by atoms with Gasteiger partial charge >= 0.3 is 0 Å². The second-order valence-electron chi connectivity index (χ2n) is 7.88. The lowest BCUT2D eigenvalue weighted by Gasteiger charge is -2.34. The van der Waals surface area contributed by atoms with E-state index in [1.54, 1.807) is 24.3 Å². The van der Waals surface area contributed by atoms with Gasteiger partial charge in [0.1, 0.15) is 5.75 Å². The van der Waals surface area contributed by atoms with Crippen molar-refractivity contribution in [3.05, 3.63) is 71.8 Å². The summed E-state index contributed by atoms with van der Waals surface area (Å²) in [4.78, 5) is 16.6. The summed E-state index contributed by atoms with van der Waals surface area (Å²) < 4.78 is 22.7. The fourth-order valence-electron chi connectivity index (χ4n) is 3.60. The number of benzene rings is 2. The summed E-state index contributed by atoms with van der Waals surface area (Å²) in [7, 11) is -3.68. The quantitative estimate of drug-likeness (QED) is 0.285. The zero-order valence-electron chi connectivity index (χ0n) is 18.4. The van der Waals surface area contributed by atoms with Crippen LogP contribution in [0.15, 0.2) is 65.1 Å². The number of amides is 1. The molecular weight excluding hydrogens is 442 g/mol. The largest absolute Gasteiger partial charge is 0.507 e. The van der Waals surface area contributed by atoms with Crippen LogP contribution in [0.4, 0.5) is 0 Å². The minimum absolute atomic E-state index is 0.101. The molecule has 0 bridgehead atoms. The first-order valence-electron chi connectivity index (χ1n) is 10.6. The third-order valence-corrected chi connectivity index (χ3v) is 6.33. The number of phenols is 1. The first-order valence-corrected chi connectivity index (χ1v) is 12.1. The number of hydrogen-bond acceptors (Lipinski definition) is 7. The van der Waals surface area contributed by atoms with E-state index < -0.39 is 10.0 Å². The van der Waals surface area contributed by atoms with Crippen molar-refractivity contribution < 1.29 is 18.3 Å². The number of para-hydroxylation sites is 1. The number of sulfonamides is 1. The van der Waals surface area contributed by atoms with E-state index in [2.05, 4.69) is 22.0 Å². The van der Waals surface area contributed by atoms with E-state index in [1.807, 2.05) is 17.0 Å². The minimum atomic E-state index is -3.68. The molecule has 1 amide bonds. The number of hydrazone groups is 1. The Morgan fingerprint density at radius 2 is 1.79 bits per heavy atom. The number of nitrogens with zero attached hydrogens (tertiary/aromatic N) is 3. The zero-order valence-corrected chi connectivity index (χ0v) is 19.2. The van der Waals surface area contributed by atoms with Crippen molar-refractivity contribution in [3.63, 3.8) is 0 Å². The van der Waals surface area contributed by atoms with Gasteiger partial charge in [-0.3, -0.25) is 14.6 Å². The number of nitrogens with one attached hydrogen (secondary N) is 1. The maximum atomic E-state index is 12.2. The van der Waals surface area contributed by atoms with Gasteiger partial charge < -0.3 is 5.11 Å². The molecule has 1 aliphatic rings. The molecule has 1 saturated heterocycles. The third-order valence-electron chi connectivity index (χ3n) is 5.40. The van der Waals surface area contributed by atoms with Crippen molar-refractivity contribution in [2.75, 3.05) is 32.7 Å². The first kappa shape index (κ1) is 24.6. The Kier molecular flexibility index (Phi) is 8.34. The molecule has 9 nitrogen and oxygen atoms in total. The second-order valence-corrected chi connectivity index (χ2v) is 9.44. The van der Waals surface area contributed by atoms with Crippen molar-refractivity contribution in [2.24, 2.45) is 10.2 Å². The van der Waals surface area contributed by atoms with Crippen molar-refractivity contribution in [1.82, 2.24) is 15.2 Å². The van der Waals surface area contributed by atoms with Gasteiger partial charge in [0.25, 0.3) is 5.91 Å². The number of phenolic OH excluding ortho intramolecular Hbond substituents is 1. The number of carbonyl (C=O) groups excluding carboxylic acids is 1. The summed E-state index contributed by atoms with van der Waals surface area (Å²) in [5.74, 6) is -0.0918. The van der Waals surface area contributed by atoms with Gasteiger partial charge in [-0.1, -0.05) is 30.3 Å². The summed E-state index contributed by atoms with van der Waals surface area (Å²) in [5, 5.41) is 19.3. The summed E-state index contributed by atoms with van der Waals surface area (Å²) in [5.41, 5.74) is 4.79. The standard InChI is InChI=1S/C23H29N5O4S/c1-2-4-19-5-3-6-20(23(19)30)15-25-26-22(29)17-28-13-11-27(12-14-28)16-18-7-9-21(10-8-18)33(24,31)32/h2-3,5-10,15,30H,1,4,11-14,16-17H2,(H,26,29)(H2,24,31,32)/b25-15+. The maximum absolute atomic E-state index is 12.2. The average molecular weight is 472 g/mol. The summed E-state index contributed by atoms with van der Waals surface area (Å²) in [6, 6.07) is 11.9. The van der Waals surface area contributed by atoms with Gasteiger partial charge in [0, 0.05) is 38.3 Å². The van der Waals surface area contributed by atoms with Gasteiger partial charge in [-0.2, -0.15) is 5.10 Å². The normalized spacial score (nSPS) is 15.5. The highest BCUT2D eigenvalue weighted by Gasteiger charge is 2.19. The molecule has 0 aromatic heterocycles. The lowest BCUT2D eigenvalue weighted by molar-refractivity contribution is -0.122. The Morgan fingerprint density at radius 3 is 2.42 bits per heavy atom. The van der Waals surface area contributed by atoms with Gasteiger partial charge in [0.05, 0.1) is 17.7 Å². The molecule has 4 N–H and O–H groups in total. The number of carbonyl (C=O) groups is 1. The van der Waals surface area contributed by atoms with Crippen LogP contribution in [0, 0.1) is 0 Å². The van der Waals surface area contributed by atoms with E-state index in [9.17, 15) is 18.3 Å². The lowest BCUT2D eigenvalue weighted by atomic mass is 10.1. The highest BCUT2D eigenvalue weighted by atomic mass is 32.2. The molecule has 0 spiro atoms. The van der Waals surface area contributed by atoms with Crippen molar-refractivity contribution in [1.29, 1.82) is 0 Å². The molecule has 2 aromatic rings. The van der Waals surface area contributed by atoms with E-state index in [-0.39, 0.29) is 23.1 Å². The number of primary sulfonamides is 1. The van der Waals surface area contributed by atoms with E-state index in [1.165, 1.54) is 18.3 Å². The predicted octanol–water partition coefficient (Wildman–Crippen LogP) is 1.04. The molecule has 33 heavy (non-hydrogen) atoms. The van der Waals surface area contributed by atoms with Gasteiger partial charge in [0.2, 0.25) is 10.0 Å². The summed E-state index contributed by atoms with van der Waals surface area (Å²) in [6.45, 7) is 7.65. The van der Waals surface area contributed by atoms with Gasteiger partial charge in [-0.05, 0) is 35.7 Å². The van der Waals surface area contributed by atoms with E-state index >= 15 is 0 Å². The highest BCUT2D eigenvalue weighted by Crippen LogP contribution is 2.21. The van der Waals surface area contributed by atoms with E-state index in [4.69, 9.17) is 5.14 Å². The van der Waals surface area contributed by atoms with E-state index in [0.29, 0.717) is 18.5 Å². The Balaban J connectivity index is 1.42. The molecule has 0 aliphatic carbocycles. The van der Waals surface area contributed by atoms with Crippen LogP contribution in [0.3, 0.4) is 0 Å². The molecule has 0 unspecified atom stereocenters. The molecule has 0 saturated carbocycles. The summed E-state index contributed by atoms with van der Waals surface area (Å²) in [6.07, 6.45) is 3.69.